The van der Waals surface area contributed by atoms with Gasteiger partial charge in [0.2, 0.25) is 0 Å². The third-order valence-electron chi connectivity index (χ3n) is 3.32. The Morgan fingerprint density at radius 1 is 1.30 bits per heavy atom. The van der Waals surface area contributed by atoms with Gasteiger partial charge >= 0.3 is 0 Å². The number of hydrogen-bond acceptors (Lipinski definition) is 2. The van der Waals surface area contributed by atoms with Crippen LogP contribution in [0.25, 0.3) is 0 Å². The van der Waals surface area contributed by atoms with E-state index in [2.05, 4.69) is 37.2 Å². The van der Waals surface area contributed by atoms with Gasteiger partial charge in [-0.3, -0.25) is 4.79 Å². The third kappa shape index (κ3) is 3.38. The van der Waals surface area contributed by atoms with E-state index in [-0.39, 0.29) is 4.47 Å². The van der Waals surface area contributed by atoms with Gasteiger partial charge in [0, 0.05) is 23.0 Å². The molecule has 1 heterocycles. The summed E-state index contributed by atoms with van der Waals surface area (Å²) < 4.78 is 33.1. The van der Waals surface area contributed by atoms with Gasteiger partial charge in [-0.25, -0.2) is 8.78 Å². The van der Waals surface area contributed by atoms with E-state index in [4.69, 9.17) is 4.74 Å². The molecule has 0 aromatic heterocycles. The van der Waals surface area contributed by atoms with Crippen molar-refractivity contribution in [1.29, 1.82) is 0 Å². The number of nitrogens with one attached hydrogen (secondary N) is 1. The molecule has 1 fully saturated rings. The average molecular weight is 413 g/mol. The van der Waals surface area contributed by atoms with Gasteiger partial charge in [0.15, 0.2) is 0 Å². The number of ether oxygens (including phenoxy) is 1. The molecule has 0 atom stereocenters. The van der Waals surface area contributed by atoms with Crippen LogP contribution in [0.15, 0.2) is 16.6 Å². The molecule has 110 valence electrons. The molecule has 2 rings (SSSR count). The molecule has 0 saturated carbocycles. The second-order valence-corrected chi connectivity index (χ2v) is 6.20. The Labute approximate surface area is 132 Å². The zero-order valence-electron chi connectivity index (χ0n) is 10.5. The number of benzene rings is 1. The molecule has 3 nitrogen and oxygen atoms in total. The van der Waals surface area contributed by atoms with Gasteiger partial charge in [0.05, 0.1) is 5.54 Å². The molecule has 7 heteroatoms. The lowest BCUT2D eigenvalue weighted by Gasteiger charge is -2.36. The highest BCUT2D eigenvalue weighted by Gasteiger charge is 2.34. The lowest BCUT2D eigenvalue weighted by molar-refractivity contribution is 0.0439. The fourth-order valence-electron chi connectivity index (χ4n) is 2.12. The van der Waals surface area contributed by atoms with Gasteiger partial charge in [-0.05, 0) is 25.0 Å². The summed E-state index contributed by atoms with van der Waals surface area (Å²) in [7, 11) is 0. The minimum Gasteiger partial charge on any atom is -0.381 e. The molecule has 0 bridgehead atoms. The number of rotatable bonds is 3. The smallest absolute Gasteiger partial charge is 0.257 e. The number of amides is 1. The van der Waals surface area contributed by atoms with Gasteiger partial charge in [0.25, 0.3) is 5.91 Å². The van der Waals surface area contributed by atoms with Crippen LogP contribution in [-0.4, -0.2) is 30.0 Å². The molecule has 0 radical (unpaired) electrons. The van der Waals surface area contributed by atoms with E-state index in [0.29, 0.717) is 31.4 Å². The summed E-state index contributed by atoms with van der Waals surface area (Å²) in [5.41, 5.74) is -1.08. The molecule has 0 unspecified atom stereocenters. The van der Waals surface area contributed by atoms with Crippen LogP contribution in [0.4, 0.5) is 8.78 Å². The van der Waals surface area contributed by atoms with Crippen molar-refractivity contribution in [3.05, 3.63) is 33.8 Å². The maximum atomic E-state index is 13.8. The Balaban J connectivity index is 2.23. The highest BCUT2D eigenvalue weighted by atomic mass is 79.9. The van der Waals surface area contributed by atoms with Gasteiger partial charge in [0.1, 0.15) is 17.2 Å². The van der Waals surface area contributed by atoms with E-state index in [1.54, 1.807) is 0 Å². The third-order valence-corrected chi connectivity index (χ3v) is 4.85. The highest BCUT2D eigenvalue weighted by Crippen LogP contribution is 2.25. The minimum absolute atomic E-state index is 0.255. The standard InChI is InChI=1S/C13H13Br2F2NO2/c14-7-13(1-3-20-4-2-13)18-12(19)11-9(16)5-8(15)6-10(11)17/h5-6H,1-4,7H2,(H,18,19). The summed E-state index contributed by atoms with van der Waals surface area (Å²) in [5.74, 6) is -2.51. The van der Waals surface area contributed by atoms with E-state index < -0.39 is 28.6 Å². The second kappa shape index (κ2) is 6.49. The number of halogens is 4. The van der Waals surface area contributed by atoms with Crippen LogP contribution >= 0.6 is 31.9 Å². The average Bonchev–Trinajstić information content (AvgIpc) is 2.38. The summed E-state index contributed by atoms with van der Waals surface area (Å²) >= 11 is 6.34. The molecule has 1 aliphatic heterocycles. The van der Waals surface area contributed by atoms with Crippen molar-refractivity contribution in [3.63, 3.8) is 0 Å². The summed E-state index contributed by atoms with van der Waals surface area (Å²) in [5, 5.41) is 3.25. The van der Waals surface area contributed by atoms with Crippen molar-refractivity contribution in [2.24, 2.45) is 0 Å². The first-order valence-electron chi connectivity index (χ1n) is 6.08. The largest absolute Gasteiger partial charge is 0.381 e. The maximum absolute atomic E-state index is 13.8. The van der Waals surface area contributed by atoms with Gasteiger partial charge in [-0.15, -0.1) is 0 Å². The Kier molecular flexibility index (Phi) is 5.14. The number of carbonyl (C=O) groups excluding carboxylic acids is 1. The normalized spacial score (nSPS) is 17.8. The Hall–Kier alpha value is -0.530. The van der Waals surface area contributed by atoms with Crippen molar-refractivity contribution in [2.45, 2.75) is 18.4 Å². The zero-order valence-corrected chi connectivity index (χ0v) is 13.7. The van der Waals surface area contributed by atoms with Crippen LogP contribution in [0.1, 0.15) is 23.2 Å². The molecule has 0 spiro atoms. The molecule has 1 amide bonds. The van der Waals surface area contributed by atoms with Gasteiger partial charge < -0.3 is 10.1 Å². The highest BCUT2D eigenvalue weighted by molar-refractivity contribution is 9.10. The fourth-order valence-corrected chi connectivity index (χ4v) is 3.22. The van der Waals surface area contributed by atoms with E-state index in [1.165, 1.54) is 0 Å². The van der Waals surface area contributed by atoms with Crippen molar-refractivity contribution in [1.82, 2.24) is 5.32 Å². The van der Waals surface area contributed by atoms with Crippen LogP contribution < -0.4 is 5.32 Å². The number of carbonyl (C=O) groups is 1. The van der Waals surface area contributed by atoms with Crippen molar-refractivity contribution >= 4 is 37.8 Å². The van der Waals surface area contributed by atoms with Crippen LogP contribution in [0.5, 0.6) is 0 Å². The Morgan fingerprint density at radius 2 is 1.85 bits per heavy atom. The van der Waals surface area contributed by atoms with Crippen LogP contribution in [0, 0.1) is 11.6 Å². The molecule has 1 aliphatic rings. The van der Waals surface area contributed by atoms with E-state index >= 15 is 0 Å². The zero-order chi connectivity index (χ0) is 14.8. The SMILES string of the molecule is O=C(NC1(CBr)CCOCC1)c1c(F)cc(Br)cc1F. The molecule has 1 aromatic rings. The van der Waals surface area contributed by atoms with Crippen LogP contribution in [-0.2, 0) is 4.74 Å². The van der Waals surface area contributed by atoms with Crippen molar-refractivity contribution in [2.75, 3.05) is 18.5 Å². The van der Waals surface area contributed by atoms with Crippen molar-refractivity contribution in [3.8, 4) is 0 Å². The molecule has 1 N–H and O–H groups in total. The monoisotopic (exact) mass is 411 g/mol. The maximum Gasteiger partial charge on any atom is 0.257 e. The number of alkyl halides is 1. The Morgan fingerprint density at radius 3 is 2.35 bits per heavy atom. The topological polar surface area (TPSA) is 38.3 Å². The van der Waals surface area contributed by atoms with Crippen LogP contribution in [0.3, 0.4) is 0 Å². The van der Waals surface area contributed by atoms with Crippen LogP contribution in [0.2, 0.25) is 0 Å². The number of hydrogen-bond donors (Lipinski definition) is 1. The summed E-state index contributed by atoms with van der Waals surface area (Å²) in [4.78, 5) is 12.2. The minimum atomic E-state index is -0.883. The quantitative estimate of drug-likeness (QED) is 0.772. The first-order chi connectivity index (χ1) is 9.47. The Bertz CT molecular complexity index is 496. The predicted octanol–water partition coefficient (Wildman–Crippen LogP) is 3.40. The second-order valence-electron chi connectivity index (χ2n) is 4.72. The molecule has 1 saturated heterocycles. The molecular weight excluding hydrogens is 400 g/mol. The van der Waals surface area contributed by atoms with Gasteiger partial charge in [-0.1, -0.05) is 31.9 Å². The fraction of sp³-hybridized carbons (Fsp3) is 0.462. The lowest BCUT2D eigenvalue weighted by atomic mass is 9.92. The predicted molar refractivity (Wildman–Crippen MR) is 78.1 cm³/mol. The molecule has 0 aliphatic carbocycles. The molecule has 20 heavy (non-hydrogen) atoms. The van der Waals surface area contributed by atoms with Crippen molar-refractivity contribution < 1.29 is 18.3 Å². The van der Waals surface area contributed by atoms with E-state index in [9.17, 15) is 13.6 Å². The molecule has 1 aromatic carbocycles. The molecular formula is C13H13Br2F2NO2. The van der Waals surface area contributed by atoms with Gasteiger partial charge in [-0.2, -0.15) is 0 Å². The summed E-state index contributed by atoms with van der Waals surface area (Å²) in [6.07, 6.45) is 1.20. The van der Waals surface area contributed by atoms with E-state index in [1.807, 2.05) is 0 Å². The lowest BCUT2D eigenvalue weighted by Crippen LogP contribution is -2.53. The summed E-state index contributed by atoms with van der Waals surface area (Å²) in [6.45, 7) is 1.02. The van der Waals surface area contributed by atoms with E-state index in [0.717, 1.165) is 12.1 Å². The summed E-state index contributed by atoms with van der Waals surface area (Å²) in [6, 6.07) is 2.14. The first-order valence-corrected chi connectivity index (χ1v) is 8.00. The first kappa shape index (κ1) is 15.9.